The molecule has 0 aliphatic rings. The van der Waals surface area contributed by atoms with E-state index in [9.17, 15) is 20.2 Å². The smallest absolute Gasteiger partial charge is 0.340 e. The van der Waals surface area contributed by atoms with Gasteiger partial charge in [-0.3, -0.25) is 10.1 Å². The summed E-state index contributed by atoms with van der Waals surface area (Å²) in [6, 6.07) is 14.1. The van der Waals surface area contributed by atoms with E-state index in [2.05, 4.69) is 16.4 Å². The van der Waals surface area contributed by atoms with Crippen LogP contribution < -0.4 is 5.32 Å². The number of carbonyl (C=O) groups is 1. The lowest BCUT2D eigenvalue weighted by atomic mass is 10.0. The standard InChI is InChI=1S/C24H24N4O4/c1-4-18-15(3)27-22(20(18)13-25)17-11-9-16(10-12-17)14-26-23-19(24(29)32-5-2)7-6-8-21(23)28(30)31/h6-12,26-27H,4-5,14H2,1-3H3. The highest BCUT2D eigenvalue weighted by Gasteiger charge is 2.22. The van der Waals surface area contributed by atoms with E-state index in [1.165, 1.54) is 18.2 Å². The van der Waals surface area contributed by atoms with Crippen molar-refractivity contribution in [3.63, 3.8) is 0 Å². The molecule has 1 aromatic heterocycles. The van der Waals surface area contributed by atoms with E-state index in [0.29, 0.717) is 5.56 Å². The second kappa shape index (κ2) is 9.79. The minimum Gasteiger partial charge on any atom is -0.462 e. The number of para-hydroxylation sites is 1. The number of nitro benzene ring substituents is 1. The highest BCUT2D eigenvalue weighted by Crippen LogP contribution is 2.31. The Morgan fingerprint density at radius 1 is 1.22 bits per heavy atom. The van der Waals surface area contributed by atoms with E-state index >= 15 is 0 Å². The van der Waals surface area contributed by atoms with Gasteiger partial charge in [0.15, 0.2) is 0 Å². The topological polar surface area (TPSA) is 121 Å². The molecule has 0 aliphatic heterocycles. The zero-order chi connectivity index (χ0) is 23.3. The van der Waals surface area contributed by atoms with Crippen LogP contribution >= 0.6 is 0 Å². The zero-order valence-electron chi connectivity index (χ0n) is 18.2. The van der Waals surface area contributed by atoms with Crippen LogP contribution in [0.15, 0.2) is 42.5 Å². The molecule has 0 amide bonds. The van der Waals surface area contributed by atoms with Crippen LogP contribution in [-0.4, -0.2) is 22.5 Å². The van der Waals surface area contributed by atoms with Crippen LogP contribution in [0.2, 0.25) is 0 Å². The van der Waals surface area contributed by atoms with Gasteiger partial charge in [0.25, 0.3) is 5.69 Å². The van der Waals surface area contributed by atoms with Crippen molar-refractivity contribution in [3.8, 4) is 17.3 Å². The molecule has 32 heavy (non-hydrogen) atoms. The molecule has 0 radical (unpaired) electrons. The fraction of sp³-hybridized carbons (Fsp3) is 0.250. The van der Waals surface area contributed by atoms with Gasteiger partial charge < -0.3 is 15.0 Å². The minimum atomic E-state index is -0.619. The molecule has 3 rings (SSSR count). The summed E-state index contributed by atoms with van der Waals surface area (Å²) in [7, 11) is 0. The summed E-state index contributed by atoms with van der Waals surface area (Å²) in [6.07, 6.45) is 0.770. The van der Waals surface area contributed by atoms with Crippen LogP contribution in [0.25, 0.3) is 11.3 Å². The van der Waals surface area contributed by atoms with Crippen LogP contribution in [0, 0.1) is 28.4 Å². The second-order valence-electron chi connectivity index (χ2n) is 7.17. The Labute approximate surface area is 186 Å². The largest absolute Gasteiger partial charge is 0.462 e. The van der Waals surface area contributed by atoms with Gasteiger partial charge in [-0.2, -0.15) is 5.26 Å². The van der Waals surface area contributed by atoms with E-state index in [-0.39, 0.29) is 30.1 Å². The number of aryl methyl sites for hydroxylation is 1. The molecular weight excluding hydrogens is 408 g/mol. The molecule has 0 saturated heterocycles. The Hall–Kier alpha value is -4.12. The Morgan fingerprint density at radius 3 is 2.53 bits per heavy atom. The number of H-pyrrole nitrogens is 1. The molecule has 164 valence electrons. The summed E-state index contributed by atoms with van der Waals surface area (Å²) in [4.78, 5) is 26.5. The molecule has 0 bridgehead atoms. The quantitative estimate of drug-likeness (QED) is 0.289. The van der Waals surface area contributed by atoms with Gasteiger partial charge in [0.1, 0.15) is 11.8 Å². The van der Waals surface area contributed by atoms with E-state index in [1.807, 2.05) is 38.1 Å². The average molecular weight is 432 g/mol. The number of carbonyl (C=O) groups excluding carboxylic acids is 1. The van der Waals surface area contributed by atoms with Gasteiger partial charge in [-0.1, -0.05) is 37.3 Å². The molecule has 8 nitrogen and oxygen atoms in total. The first-order valence-corrected chi connectivity index (χ1v) is 10.3. The maximum atomic E-state index is 12.3. The number of benzene rings is 2. The summed E-state index contributed by atoms with van der Waals surface area (Å²) >= 11 is 0. The third-order valence-electron chi connectivity index (χ3n) is 5.23. The average Bonchev–Trinajstić information content (AvgIpc) is 3.13. The number of nitrogens with one attached hydrogen (secondary N) is 2. The number of nitro groups is 1. The summed E-state index contributed by atoms with van der Waals surface area (Å²) < 4.78 is 5.03. The fourth-order valence-electron chi connectivity index (χ4n) is 3.68. The molecule has 0 aliphatic carbocycles. The normalized spacial score (nSPS) is 10.4. The Balaban J connectivity index is 1.86. The first kappa shape index (κ1) is 22.6. The monoisotopic (exact) mass is 432 g/mol. The number of aromatic amines is 1. The Morgan fingerprint density at radius 2 is 1.94 bits per heavy atom. The van der Waals surface area contributed by atoms with Crippen molar-refractivity contribution in [3.05, 3.63) is 80.5 Å². The molecule has 2 aromatic carbocycles. The number of aromatic nitrogens is 1. The molecular formula is C24H24N4O4. The van der Waals surface area contributed by atoms with Crippen molar-refractivity contribution in [2.45, 2.75) is 33.7 Å². The number of hydrogen-bond donors (Lipinski definition) is 2. The molecule has 0 unspecified atom stereocenters. The molecule has 1 heterocycles. The molecule has 3 aromatic rings. The van der Waals surface area contributed by atoms with Crippen molar-refractivity contribution < 1.29 is 14.5 Å². The second-order valence-corrected chi connectivity index (χ2v) is 7.17. The SMILES string of the molecule is CCOC(=O)c1cccc([N+](=O)[O-])c1NCc1ccc(-c2[nH]c(C)c(CC)c2C#N)cc1. The maximum Gasteiger partial charge on any atom is 0.340 e. The van der Waals surface area contributed by atoms with Gasteiger partial charge in [-0.15, -0.1) is 0 Å². The molecule has 8 heteroatoms. The van der Waals surface area contributed by atoms with Gasteiger partial charge >= 0.3 is 5.97 Å². The van der Waals surface area contributed by atoms with E-state index in [1.54, 1.807) is 6.92 Å². The lowest BCUT2D eigenvalue weighted by Gasteiger charge is -2.12. The number of rotatable bonds is 8. The van der Waals surface area contributed by atoms with E-state index in [4.69, 9.17) is 4.74 Å². The number of hydrogen-bond acceptors (Lipinski definition) is 6. The molecule has 2 N–H and O–H groups in total. The first-order chi connectivity index (χ1) is 15.4. The fourth-order valence-corrected chi connectivity index (χ4v) is 3.68. The molecule has 0 fully saturated rings. The highest BCUT2D eigenvalue weighted by molar-refractivity contribution is 5.98. The summed E-state index contributed by atoms with van der Waals surface area (Å²) in [5.41, 5.74) is 5.21. The van der Waals surface area contributed by atoms with E-state index < -0.39 is 10.9 Å². The number of ether oxygens (including phenoxy) is 1. The first-order valence-electron chi connectivity index (χ1n) is 10.3. The van der Waals surface area contributed by atoms with Crippen LogP contribution in [0.5, 0.6) is 0 Å². The number of nitrogens with zero attached hydrogens (tertiary/aromatic N) is 2. The zero-order valence-corrected chi connectivity index (χ0v) is 18.2. The predicted octanol–water partition coefficient (Wildman–Crippen LogP) is 5.12. The van der Waals surface area contributed by atoms with Crippen LogP contribution in [-0.2, 0) is 17.7 Å². The van der Waals surface area contributed by atoms with Gasteiger partial charge in [0, 0.05) is 18.3 Å². The minimum absolute atomic E-state index is 0.116. The highest BCUT2D eigenvalue weighted by atomic mass is 16.6. The van der Waals surface area contributed by atoms with Gasteiger partial charge in [-0.05, 0) is 43.0 Å². The van der Waals surface area contributed by atoms with Crippen molar-refractivity contribution in [2.24, 2.45) is 0 Å². The summed E-state index contributed by atoms with van der Waals surface area (Å²) in [5.74, 6) is -0.619. The number of esters is 1. The number of anilines is 1. The Kier molecular flexibility index (Phi) is 6.90. The maximum absolute atomic E-state index is 12.3. The molecule has 0 atom stereocenters. The van der Waals surface area contributed by atoms with Crippen molar-refractivity contribution in [1.29, 1.82) is 5.26 Å². The van der Waals surface area contributed by atoms with Crippen molar-refractivity contribution in [1.82, 2.24) is 4.98 Å². The van der Waals surface area contributed by atoms with Crippen molar-refractivity contribution in [2.75, 3.05) is 11.9 Å². The van der Waals surface area contributed by atoms with Gasteiger partial charge in [0.2, 0.25) is 0 Å². The van der Waals surface area contributed by atoms with Crippen LogP contribution in [0.1, 0.15) is 46.6 Å². The lowest BCUT2D eigenvalue weighted by Crippen LogP contribution is -2.11. The van der Waals surface area contributed by atoms with Gasteiger partial charge in [0.05, 0.1) is 28.4 Å². The summed E-state index contributed by atoms with van der Waals surface area (Å²) in [5, 5.41) is 24.1. The van der Waals surface area contributed by atoms with Crippen LogP contribution in [0.3, 0.4) is 0 Å². The molecule has 0 spiro atoms. The third kappa shape index (κ3) is 4.47. The molecule has 0 saturated carbocycles. The third-order valence-corrected chi connectivity index (χ3v) is 5.23. The van der Waals surface area contributed by atoms with E-state index in [0.717, 1.165) is 34.5 Å². The number of nitriles is 1. The lowest BCUT2D eigenvalue weighted by molar-refractivity contribution is -0.384. The van der Waals surface area contributed by atoms with Gasteiger partial charge in [-0.25, -0.2) is 4.79 Å². The van der Waals surface area contributed by atoms with Crippen molar-refractivity contribution >= 4 is 17.3 Å². The Bertz CT molecular complexity index is 1190. The summed E-state index contributed by atoms with van der Waals surface area (Å²) in [6.45, 7) is 6.09. The predicted molar refractivity (Wildman–Crippen MR) is 121 cm³/mol. The van der Waals surface area contributed by atoms with Crippen LogP contribution in [0.4, 0.5) is 11.4 Å².